The van der Waals surface area contributed by atoms with Crippen molar-refractivity contribution < 1.29 is 13.9 Å². The number of halogens is 1. The molecule has 1 aromatic heterocycles. The number of thiophene rings is 1. The van der Waals surface area contributed by atoms with Gasteiger partial charge in [-0.1, -0.05) is 36.4 Å². The maximum absolute atomic E-state index is 12.7. The van der Waals surface area contributed by atoms with E-state index in [1.807, 2.05) is 23.3 Å². The lowest BCUT2D eigenvalue weighted by Gasteiger charge is -2.08. The SMILES string of the molecule is CN1CCOC1=CC(=O)c1ccc(F)cc1.c1ccc2c(c1)ccc1ccsc12. The Kier molecular flexibility index (Phi) is 5.58. The molecule has 0 atom stereocenters. The second-order valence-corrected chi connectivity index (χ2v) is 7.67. The highest BCUT2D eigenvalue weighted by Crippen LogP contribution is 2.29. The number of hydrogen-bond donors (Lipinski definition) is 0. The van der Waals surface area contributed by atoms with Gasteiger partial charge in [0.2, 0.25) is 0 Å². The summed E-state index contributed by atoms with van der Waals surface area (Å²) < 4.78 is 19.3. The average molecular weight is 405 g/mol. The van der Waals surface area contributed by atoms with Crippen molar-refractivity contribution in [2.24, 2.45) is 0 Å². The molecule has 1 aliphatic heterocycles. The molecule has 0 N–H and O–H groups in total. The summed E-state index contributed by atoms with van der Waals surface area (Å²) in [5, 5.41) is 6.20. The molecule has 3 aromatic carbocycles. The maximum atomic E-state index is 12.7. The van der Waals surface area contributed by atoms with Crippen molar-refractivity contribution in [2.45, 2.75) is 0 Å². The number of fused-ring (bicyclic) bond motifs is 3. The summed E-state index contributed by atoms with van der Waals surface area (Å²) in [6.07, 6.45) is 1.43. The van der Waals surface area contributed by atoms with Crippen LogP contribution in [0.5, 0.6) is 0 Å². The van der Waals surface area contributed by atoms with Crippen LogP contribution in [0, 0.1) is 5.82 Å². The fourth-order valence-corrected chi connectivity index (χ4v) is 4.10. The minimum atomic E-state index is -0.349. The van der Waals surface area contributed by atoms with Gasteiger partial charge in [-0.05, 0) is 51.9 Å². The van der Waals surface area contributed by atoms with E-state index < -0.39 is 0 Å². The van der Waals surface area contributed by atoms with Crippen molar-refractivity contribution in [1.29, 1.82) is 0 Å². The highest BCUT2D eigenvalue weighted by Gasteiger charge is 2.15. The first-order valence-corrected chi connectivity index (χ1v) is 10.2. The van der Waals surface area contributed by atoms with Gasteiger partial charge < -0.3 is 9.64 Å². The van der Waals surface area contributed by atoms with Gasteiger partial charge in [0.15, 0.2) is 11.7 Å². The van der Waals surface area contributed by atoms with Gasteiger partial charge in [0.25, 0.3) is 0 Å². The molecule has 2 heterocycles. The van der Waals surface area contributed by atoms with E-state index in [4.69, 9.17) is 4.74 Å². The summed E-state index contributed by atoms with van der Waals surface area (Å²) in [6.45, 7) is 1.38. The Morgan fingerprint density at radius 3 is 2.55 bits per heavy atom. The average Bonchev–Trinajstić information content (AvgIpc) is 3.38. The third-order valence-corrected chi connectivity index (χ3v) is 5.74. The lowest BCUT2D eigenvalue weighted by atomic mass is 10.1. The van der Waals surface area contributed by atoms with Gasteiger partial charge in [-0.3, -0.25) is 4.79 Å². The van der Waals surface area contributed by atoms with E-state index in [0.29, 0.717) is 18.1 Å². The van der Waals surface area contributed by atoms with E-state index in [1.54, 1.807) is 0 Å². The minimum absolute atomic E-state index is 0.177. The molecule has 5 heteroatoms. The van der Waals surface area contributed by atoms with Crippen LogP contribution in [-0.4, -0.2) is 30.9 Å². The molecule has 0 bridgehead atoms. The molecule has 0 saturated carbocycles. The van der Waals surface area contributed by atoms with Gasteiger partial charge in [0.1, 0.15) is 12.4 Å². The Labute approximate surface area is 172 Å². The largest absolute Gasteiger partial charge is 0.477 e. The molecular weight excluding hydrogens is 385 g/mol. The van der Waals surface area contributed by atoms with Crippen LogP contribution < -0.4 is 0 Å². The Morgan fingerprint density at radius 1 is 1.03 bits per heavy atom. The van der Waals surface area contributed by atoms with Crippen LogP contribution >= 0.6 is 11.3 Å². The van der Waals surface area contributed by atoms with Crippen molar-refractivity contribution in [3.8, 4) is 0 Å². The van der Waals surface area contributed by atoms with Gasteiger partial charge in [0.05, 0.1) is 6.54 Å². The van der Waals surface area contributed by atoms with Gasteiger partial charge in [-0.2, -0.15) is 0 Å². The predicted molar refractivity (Wildman–Crippen MR) is 117 cm³/mol. The molecule has 29 heavy (non-hydrogen) atoms. The third kappa shape index (κ3) is 4.30. The third-order valence-electron chi connectivity index (χ3n) is 4.78. The normalized spacial score (nSPS) is 14.7. The van der Waals surface area contributed by atoms with Crippen LogP contribution in [0.4, 0.5) is 4.39 Å². The highest BCUT2D eigenvalue weighted by atomic mass is 32.1. The van der Waals surface area contributed by atoms with E-state index in [-0.39, 0.29) is 11.6 Å². The van der Waals surface area contributed by atoms with Crippen LogP contribution in [0.25, 0.3) is 20.9 Å². The summed E-state index contributed by atoms with van der Waals surface area (Å²) >= 11 is 1.82. The van der Waals surface area contributed by atoms with Crippen molar-refractivity contribution >= 4 is 38.0 Å². The Morgan fingerprint density at radius 2 is 1.79 bits per heavy atom. The summed E-state index contributed by atoms with van der Waals surface area (Å²) in [6, 6.07) is 20.5. The predicted octanol–water partition coefficient (Wildman–Crippen LogP) is 5.87. The Hall–Kier alpha value is -3.18. The number of rotatable bonds is 2. The van der Waals surface area contributed by atoms with Gasteiger partial charge in [-0.25, -0.2) is 4.39 Å². The quantitative estimate of drug-likeness (QED) is 0.309. The van der Waals surface area contributed by atoms with Gasteiger partial charge in [0, 0.05) is 23.4 Å². The zero-order chi connectivity index (χ0) is 20.2. The molecule has 1 aliphatic rings. The first kappa shape index (κ1) is 19.2. The van der Waals surface area contributed by atoms with Crippen LogP contribution in [0.15, 0.2) is 84.1 Å². The molecule has 5 rings (SSSR count). The summed E-state index contributed by atoms with van der Waals surface area (Å²) in [4.78, 5) is 13.6. The molecular formula is C24H20FNO2S. The minimum Gasteiger partial charge on any atom is -0.477 e. The van der Waals surface area contributed by atoms with Crippen molar-refractivity contribution in [1.82, 2.24) is 4.90 Å². The second-order valence-electron chi connectivity index (χ2n) is 6.75. The molecule has 0 radical (unpaired) electrons. The molecule has 0 unspecified atom stereocenters. The molecule has 3 nitrogen and oxygen atoms in total. The Balaban J connectivity index is 0.000000144. The molecule has 0 spiro atoms. The first-order valence-electron chi connectivity index (χ1n) is 9.32. The summed E-state index contributed by atoms with van der Waals surface area (Å²) in [5.74, 6) is 0.0384. The number of benzene rings is 3. The van der Waals surface area contributed by atoms with Crippen molar-refractivity contribution in [2.75, 3.05) is 20.2 Å². The number of carbonyl (C=O) groups excluding carboxylic acids is 1. The second kappa shape index (κ2) is 8.45. The number of allylic oxidation sites excluding steroid dienone is 1. The number of hydrogen-bond acceptors (Lipinski definition) is 4. The van der Waals surface area contributed by atoms with Crippen LogP contribution in [0.1, 0.15) is 10.4 Å². The van der Waals surface area contributed by atoms with E-state index in [9.17, 15) is 9.18 Å². The lowest BCUT2D eigenvalue weighted by molar-refractivity contribution is 0.103. The standard InChI is InChI=1S/C12H12FNO2.C12H8S/c1-14-6-7-16-12(14)8-11(15)9-2-4-10(13)5-3-9;1-2-4-11-9(3-1)5-6-10-7-8-13-12(10)11/h2-5,8H,6-7H2,1H3;1-8H. The van der Waals surface area contributed by atoms with E-state index in [0.717, 1.165) is 6.54 Å². The maximum Gasteiger partial charge on any atom is 0.193 e. The molecule has 146 valence electrons. The number of carbonyl (C=O) groups is 1. The molecule has 4 aromatic rings. The lowest BCUT2D eigenvalue weighted by Crippen LogP contribution is -2.12. The van der Waals surface area contributed by atoms with E-state index >= 15 is 0 Å². The summed E-state index contributed by atoms with van der Waals surface area (Å²) in [5.41, 5.74) is 0.456. The van der Waals surface area contributed by atoms with Crippen LogP contribution in [-0.2, 0) is 4.74 Å². The van der Waals surface area contributed by atoms with Crippen LogP contribution in [0.3, 0.4) is 0 Å². The number of ketones is 1. The van der Waals surface area contributed by atoms with E-state index in [1.165, 1.54) is 51.2 Å². The molecule has 1 fully saturated rings. The number of nitrogens with zero attached hydrogens (tertiary/aromatic N) is 1. The topological polar surface area (TPSA) is 29.5 Å². The molecule has 0 aliphatic carbocycles. The molecule has 0 amide bonds. The fourth-order valence-electron chi connectivity index (χ4n) is 3.17. The van der Waals surface area contributed by atoms with Crippen LogP contribution in [0.2, 0.25) is 0 Å². The molecule has 1 saturated heterocycles. The number of ether oxygens (including phenoxy) is 1. The fraction of sp³-hybridized carbons (Fsp3) is 0.125. The number of likely N-dealkylation sites (N-methyl/N-ethyl adjacent to an activating group) is 1. The van der Waals surface area contributed by atoms with Crippen molar-refractivity contribution in [3.63, 3.8) is 0 Å². The summed E-state index contributed by atoms with van der Waals surface area (Å²) in [7, 11) is 1.86. The Bertz CT molecular complexity index is 1180. The first-order chi connectivity index (χ1) is 14.1. The monoisotopic (exact) mass is 405 g/mol. The highest BCUT2D eigenvalue weighted by molar-refractivity contribution is 7.18. The smallest absolute Gasteiger partial charge is 0.193 e. The zero-order valence-corrected chi connectivity index (χ0v) is 16.8. The van der Waals surface area contributed by atoms with Gasteiger partial charge >= 0.3 is 0 Å². The zero-order valence-electron chi connectivity index (χ0n) is 16.0. The van der Waals surface area contributed by atoms with Gasteiger partial charge in [-0.15, -0.1) is 11.3 Å². The van der Waals surface area contributed by atoms with E-state index in [2.05, 4.69) is 47.8 Å². The van der Waals surface area contributed by atoms with Crippen molar-refractivity contribution in [3.05, 3.63) is 95.4 Å².